The molecule has 31 heavy (non-hydrogen) atoms. The zero-order valence-corrected chi connectivity index (χ0v) is 17.3. The van der Waals surface area contributed by atoms with Gasteiger partial charge in [-0.15, -0.1) is 0 Å². The molecule has 2 aromatic carbocycles. The van der Waals surface area contributed by atoms with E-state index in [0.717, 1.165) is 4.90 Å². The first-order valence-electron chi connectivity index (χ1n) is 9.86. The van der Waals surface area contributed by atoms with Crippen LogP contribution >= 0.6 is 0 Å². The predicted molar refractivity (Wildman–Crippen MR) is 113 cm³/mol. The third kappa shape index (κ3) is 5.18. The van der Waals surface area contributed by atoms with Gasteiger partial charge in [-0.05, 0) is 55.5 Å². The molecule has 0 aliphatic carbocycles. The van der Waals surface area contributed by atoms with Gasteiger partial charge in [0.15, 0.2) is 0 Å². The second-order valence-corrected chi connectivity index (χ2v) is 6.84. The van der Waals surface area contributed by atoms with Gasteiger partial charge in [-0.3, -0.25) is 9.59 Å². The Hall–Kier alpha value is -3.46. The highest BCUT2D eigenvalue weighted by molar-refractivity contribution is 6.22. The molecule has 1 aliphatic heterocycles. The van der Waals surface area contributed by atoms with Crippen molar-refractivity contribution in [1.29, 1.82) is 0 Å². The van der Waals surface area contributed by atoms with Crippen LogP contribution in [0, 0.1) is 5.82 Å². The lowest BCUT2D eigenvalue weighted by Crippen LogP contribution is -2.39. The van der Waals surface area contributed by atoms with Crippen molar-refractivity contribution < 1.29 is 28.2 Å². The SMILES string of the molecule is CCOc1ccc(NC(=O)C[C@@H]2C(=O)N(c3ccc(F)cc3)C(=O)N2CCOC)cc1. The van der Waals surface area contributed by atoms with Crippen LogP contribution in [0.1, 0.15) is 13.3 Å². The van der Waals surface area contributed by atoms with Crippen molar-refractivity contribution in [3.63, 3.8) is 0 Å². The smallest absolute Gasteiger partial charge is 0.332 e. The fourth-order valence-electron chi connectivity index (χ4n) is 3.29. The topological polar surface area (TPSA) is 88.2 Å². The number of ether oxygens (including phenoxy) is 2. The minimum absolute atomic E-state index is 0.139. The molecule has 1 N–H and O–H groups in total. The summed E-state index contributed by atoms with van der Waals surface area (Å²) in [4.78, 5) is 40.8. The van der Waals surface area contributed by atoms with E-state index in [1.165, 1.54) is 36.3 Å². The van der Waals surface area contributed by atoms with Crippen molar-refractivity contribution in [3.8, 4) is 5.75 Å². The molecule has 3 rings (SSSR count). The molecule has 164 valence electrons. The van der Waals surface area contributed by atoms with E-state index < -0.39 is 29.7 Å². The van der Waals surface area contributed by atoms with Crippen LogP contribution in [0.25, 0.3) is 0 Å². The maximum Gasteiger partial charge on any atom is 0.332 e. The lowest BCUT2D eigenvalue weighted by atomic mass is 10.1. The summed E-state index contributed by atoms with van der Waals surface area (Å²) in [5.41, 5.74) is 0.789. The van der Waals surface area contributed by atoms with Gasteiger partial charge in [0.25, 0.3) is 5.91 Å². The van der Waals surface area contributed by atoms with E-state index in [9.17, 15) is 18.8 Å². The number of methoxy groups -OCH3 is 1. The second kappa shape index (κ2) is 10.0. The fourth-order valence-corrected chi connectivity index (χ4v) is 3.29. The van der Waals surface area contributed by atoms with Crippen LogP contribution in [-0.4, -0.2) is 55.7 Å². The van der Waals surface area contributed by atoms with Crippen molar-refractivity contribution in [2.45, 2.75) is 19.4 Å². The Bertz CT molecular complexity index is 933. The largest absolute Gasteiger partial charge is 0.494 e. The molecule has 9 heteroatoms. The van der Waals surface area contributed by atoms with Crippen LogP contribution in [0.5, 0.6) is 5.75 Å². The molecule has 1 atom stereocenters. The highest BCUT2D eigenvalue weighted by atomic mass is 19.1. The van der Waals surface area contributed by atoms with Gasteiger partial charge in [0, 0.05) is 19.3 Å². The molecule has 2 aromatic rings. The molecule has 0 aromatic heterocycles. The molecular formula is C22H24FN3O5. The Kier molecular flexibility index (Phi) is 7.19. The summed E-state index contributed by atoms with van der Waals surface area (Å²) in [6, 6.07) is 10.3. The van der Waals surface area contributed by atoms with Crippen molar-refractivity contribution in [3.05, 3.63) is 54.3 Å². The van der Waals surface area contributed by atoms with E-state index in [1.54, 1.807) is 24.3 Å². The van der Waals surface area contributed by atoms with E-state index >= 15 is 0 Å². The van der Waals surface area contributed by atoms with Crippen molar-refractivity contribution >= 4 is 29.2 Å². The minimum atomic E-state index is -0.990. The fraction of sp³-hybridized carbons (Fsp3) is 0.318. The lowest BCUT2D eigenvalue weighted by molar-refractivity contribution is -0.124. The van der Waals surface area contributed by atoms with Crippen molar-refractivity contribution in [2.24, 2.45) is 0 Å². The van der Waals surface area contributed by atoms with Crippen molar-refractivity contribution in [1.82, 2.24) is 4.90 Å². The Morgan fingerprint density at radius 1 is 1.10 bits per heavy atom. The number of hydrogen-bond donors (Lipinski definition) is 1. The van der Waals surface area contributed by atoms with E-state index in [4.69, 9.17) is 9.47 Å². The van der Waals surface area contributed by atoms with Gasteiger partial charge in [0.05, 0.1) is 25.3 Å². The van der Waals surface area contributed by atoms with Gasteiger partial charge in [0.1, 0.15) is 17.6 Å². The standard InChI is InChI=1S/C22H24FN3O5/c1-3-31-18-10-6-16(7-11-18)24-20(27)14-19-21(28)26(17-8-4-15(23)5-9-17)22(29)25(19)12-13-30-2/h4-11,19H,3,12-14H2,1-2H3,(H,24,27)/t19-/m1/s1. The third-order valence-electron chi connectivity index (χ3n) is 4.77. The maximum atomic E-state index is 13.3. The molecule has 1 fully saturated rings. The molecule has 0 spiro atoms. The van der Waals surface area contributed by atoms with E-state index in [0.29, 0.717) is 18.0 Å². The van der Waals surface area contributed by atoms with Gasteiger partial charge in [-0.1, -0.05) is 0 Å². The number of benzene rings is 2. The van der Waals surface area contributed by atoms with Crippen LogP contribution in [0.3, 0.4) is 0 Å². The predicted octanol–water partition coefficient (Wildman–Crippen LogP) is 3.04. The van der Waals surface area contributed by atoms with Gasteiger partial charge < -0.3 is 19.7 Å². The Labute approximate surface area is 179 Å². The van der Waals surface area contributed by atoms with Crippen LogP contribution in [-0.2, 0) is 14.3 Å². The number of urea groups is 1. The van der Waals surface area contributed by atoms with Crippen LogP contribution in [0.4, 0.5) is 20.6 Å². The van der Waals surface area contributed by atoms with Gasteiger partial charge in [0.2, 0.25) is 5.91 Å². The van der Waals surface area contributed by atoms with E-state index in [-0.39, 0.29) is 25.3 Å². The molecular weight excluding hydrogens is 405 g/mol. The number of halogens is 1. The number of amides is 4. The molecule has 4 amide bonds. The second-order valence-electron chi connectivity index (χ2n) is 6.84. The number of carbonyl (C=O) groups excluding carboxylic acids is 3. The normalized spacial score (nSPS) is 16.0. The third-order valence-corrected chi connectivity index (χ3v) is 4.77. The molecule has 0 radical (unpaired) electrons. The summed E-state index contributed by atoms with van der Waals surface area (Å²) in [5.74, 6) is -0.767. The average molecular weight is 429 g/mol. The number of carbonyl (C=O) groups is 3. The molecule has 1 aliphatic rings. The van der Waals surface area contributed by atoms with E-state index in [1.807, 2.05) is 6.92 Å². The zero-order valence-electron chi connectivity index (χ0n) is 17.3. The summed E-state index contributed by atoms with van der Waals surface area (Å²) >= 11 is 0. The first kappa shape index (κ1) is 22.2. The molecule has 8 nitrogen and oxygen atoms in total. The Morgan fingerprint density at radius 2 is 1.77 bits per heavy atom. The molecule has 0 unspecified atom stereocenters. The quantitative estimate of drug-likeness (QED) is 0.619. The van der Waals surface area contributed by atoms with Crippen molar-refractivity contribution in [2.75, 3.05) is 37.1 Å². The Morgan fingerprint density at radius 3 is 2.39 bits per heavy atom. The van der Waals surface area contributed by atoms with Gasteiger partial charge >= 0.3 is 6.03 Å². The van der Waals surface area contributed by atoms with Crippen LogP contribution in [0.2, 0.25) is 0 Å². The average Bonchev–Trinajstić information content (AvgIpc) is 2.98. The summed E-state index contributed by atoms with van der Waals surface area (Å²) in [6.45, 7) is 2.75. The number of hydrogen-bond acceptors (Lipinski definition) is 5. The Balaban J connectivity index is 1.74. The first-order valence-corrected chi connectivity index (χ1v) is 9.86. The van der Waals surface area contributed by atoms with Crippen LogP contribution in [0.15, 0.2) is 48.5 Å². The highest BCUT2D eigenvalue weighted by Crippen LogP contribution is 2.27. The minimum Gasteiger partial charge on any atom is -0.494 e. The number of imide groups is 1. The summed E-state index contributed by atoms with van der Waals surface area (Å²) in [5, 5.41) is 2.73. The lowest BCUT2D eigenvalue weighted by Gasteiger charge is -2.21. The number of rotatable bonds is 9. The first-order chi connectivity index (χ1) is 14.9. The monoisotopic (exact) mass is 429 g/mol. The number of nitrogens with one attached hydrogen (secondary N) is 1. The summed E-state index contributed by atoms with van der Waals surface area (Å²) in [6.07, 6.45) is -0.223. The molecule has 0 saturated carbocycles. The molecule has 1 heterocycles. The molecule has 0 bridgehead atoms. The van der Waals surface area contributed by atoms with Gasteiger partial charge in [-0.25, -0.2) is 14.1 Å². The van der Waals surface area contributed by atoms with Crippen LogP contribution < -0.4 is 15.0 Å². The zero-order chi connectivity index (χ0) is 22.4. The summed E-state index contributed by atoms with van der Waals surface area (Å²) in [7, 11) is 1.48. The van der Waals surface area contributed by atoms with Gasteiger partial charge in [-0.2, -0.15) is 0 Å². The summed E-state index contributed by atoms with van der Waals surface area (Å²) < 4.78 is 23.7. The highest BCUT2D eigenvalue weighted by Gasteiger charge is 2.46. The number of anilines is 2. The number of nitrogens with zero attached hydrogens (tertiary/aromatic N) is 2. The maximum absolute atomic E-state index is 13.3. The molecule has 1 saturated heterocycles. The van der Waals surface area contributed by atoms with E-state index in [2.05, 4.69) is 5.32 Å².